The second kappa shape index (κ2) is 5.81. The van der Waals surface area contributed by atoms with Crippen LogP contribution in [0, 0.1) is 0 Å². The molecule has 14 heavy (non-hydrogen) atoms. The lowest BCUT2D eigenvalue weighted by atomic mass is 9.93. The van der Waals surface area contributed by atoms with Crippen molar-refractivity contribution in [3.05, 3.63) is 12.7 Å². The minimum Gasteiger partial charge on any atom is -0.468 e. The van der Waals surface area contributed by atoms with Crippen molar-refractivity contribution in [3.63, 3.8) is 0 Å². The number of carbonyl (C=O) groups excluding carboxylic acids is 1. The van der Waals surface area contributed by atoms with E-state index in [0.717, 1.165) is 19.3 Å². The molecule has 0 rings (SSSR count). The Morgan fingerprint density at radius 1 is 1.57 bits per heavy atom. The lowest BCUT2D eigenvalue weighted by molar-refractivity contribution is -0.153. The Kier molecular flexibility index (Phi) is 5.46. The van der Waals surface area contributed by atoms with Gasteiger partial charge in [0.05, 0.1) is 7.11 Å². The van der Waals surface area contributed by atoms with Gasteiger partial charge in [0.15, 0.2) is 0 Å². The van der Waals surface area contributed by atoms with Crippen molar-refractivity contribution >= 4 is 5.97 Å². The first-order chi connectivity index (χ1) is 6.49. The second-order valence-electron chi connectivity index (χ2n) is 3.84. The summed E-state index contributed by atoms with van der Waals surface area (Å²) in [6.07, 6.45) is 4.54. The third-order valence-corrected chi connectivity index (χ3v) is 2.68. The maximum atomic E-state index is 11.6. The van der Waals surface area contributed by atoms with Crippen LogP contribution in [-0.2, 0) is 9.53 Å². The summed E-state index contributed by atoms with van der Waals surface area (Å²) in [6, 6.07) is 0. The van der Waals surface area contributed by atoms with E-state index in [4.69, 9.17) is 4.74 Å². The molecule has 0 spiro atoms. The number of unbranched alkanes of at least 4 members (excludes halogenated alkanes) is 1. The smallest absolute Gasteiger partial charge is 0.325 e. The molecule has 82 valence electrons. The molecular formula is C11H21NO2. The summed E-state index contributed by atoms with van der Waals surface area (Å²) in [5.74, 6) is -0.174. The van der Waals surface area contributed by atoms with Crippen molar-refractivity contribution < 1.29 is 9.53 Å². The first kappa shape index (κ1) is 13.2. The topological polar surface area (TPSA) is 29.5 Å². The standard InChI is InChI=1S/C11H21NO2/c1-6-7-8-9-11(2,12(3)4)10(13)14-5/h6H,1,7-9H2,2-5H3/t11-/m1/s1. The average molecular weight is 199 g/mol. The van der Waals surface area contributed by atoms with Gasteiger partial charge in [0.2, 0.25) is 0 Å². The number of hydrogen-bond acceptors (Lipinski definition) is 3. The van der Waals surface area contributed by atoms with E-state index >= 15 is 0 Å². The molecule has 0 aliphatic heterocycles. The van der Waals surface area contributed by atoms with Gasteiger partial charge in [-0.3, -0.25) is 9.69 Å². The average Bonchev–Trinajstić information content (AvgIpc) is 2.16. The van der Waals surface area contributed by atoms with E-state index in [1.165, 1.54) is 7.11 Å². The molecule has 0 saturated heterocycles. The summed E-state index contributed by atoms with van der Waals surface area (Å²) < 4.78 is 4.80. The van der Waals surface area contributed by atoms with E-state index in [1.54, 1.807) is 0 Å². The maximum Gasteiger partial charge on any atom is 0.325 e. The van der Waals surface area contributed by atoms with Crippen molar-refractivity contribution in [1.29, 1.82) is 0 Å². The van der Waals surface area contributed by atoms with Gasteiger partial charge in [-0.2, -0.15) is 0 Å². The van der Waals surface area contributed by atoms with Crippen LogP contribution in [0.2, 0.25) is 0 Å². The van der Waals surface area contributed by atoms with Crippen LogP contribution >= 0.6 is 0 Å². The van der Waals surface area contributed by atoms with Crippen LogP contribution in [-0.4, -0.2) is 37.6 Å². The van der Waals surface area contributed by atoms with Gasteiger partial charge in [-0.15, -0.1) is 6.58 Å². The summed E-state index contributed by atoms with van der Waals surface area (Å²) >= 11 is 0. The molecule has 0 aliphatic rings. The first-order valence-electron chi connectivity index (χ1n) is 4.85. The van der Waals surface area contributed by atoms with E-state index in [2.05, 4.69) is 6.58 Å². The Balaban J connectivity index is 4.39. The van der Waals surface area contributed by atoms with Crippen LogP contribution in [0.3, 0.4) is 0 Å². The van der Waals surface area contributed by atoms with Crippen LogP contribution in [0.4, 0.5) is 0 Å². The SMILES string of the molecule is C=CCCC[C@](C)(C(=O)OC)N(C)C. The highest BCUT2D eigenvalue weighted by Gasteiger charge is 2.35. The van der Waals surface area contributed by atoms with Gasteiger partial charge >= 0.3 is 5.97 Å². The van der Waals surface area contributed by atoms with Gasteiger partial charge in [0.1, 0.15) is 5.54 Å². The molecule has 0 saturated carbocycles. The van der Waals surface area contributed by atoms with Gasteiger partial charge in [-0.1, -0.05) is 6.08 Å². The number of esters is 1. The summed E-state index contributed by atoms with van der Waals surface area (Å²) in [5, 5.41) is 0. The summed E-state index contributed by atoms with van der Waals surface area (Å²) in [5.41, 5.74) is -0.516. The molecule has 0 heterocycles. The highest BCUT2D eigenvalue weighted by Crippen LogP contribution is 2.21. The minimum absolute atomic E-state index is 0.174. The van der Waals surface area contributed by atoms with Gasteiger partial charge in [0.25, 0.3) is 0 Å². The third-order valence-electron chi connectivity index (χ3n) is 2.68. The van der Waals surface area contributed by atoms with Crippen LogP contribution in [0.15, 0.2) is 12.7 Å². The third kappa shape index (κ3) is 3.14. The number of carbonyl (C=O) groups is 1. The zero-order chi connectivity index (χ0) is 11.2. The number of likely N-dealkylation sites (N-methyl/N-ethyl adjacent to an activating group) is 1. The molecule has 3 nitrogen and oxygen atoms in total. The quantitative estimate of drug-likeness (QED) is 0.371. The predicted molar refractivity (Wildman–Crippen MR) is 58.2 cm³/mol. The van der Waals surface area contributed by atoms with Crippen molar-refractivity contribution in [2.75, 3.05) is 21.2 Å². The maximum absolute atomic E-state index is 11.6. The van der Waals surface area contributed by atoms with Crippen molar-refractivity contribution in [2.45, 2.75) is 31.7 Å². The van der Waals surface area contributed by atoms with Crippen molar-refractivity contribution in [1.82, 2.24) is 4.90 Å². The Bertz CT molecular complexity index is 201. The number of ether oxygens (including phenoxy) is 1. The lowest BCUT2D eigenvalue weighted by Crippen LogP contribution is -2.49. The van der Waals surface area contributed by atoms with E-state index < -0.39 is 5.54 Å². The molecule has 0 fully saturated rings. The Morgan fingerprint density at radius 3 is 2.50 bits per heavy atom. The van der Waals surface area contributed by atoms with E-state index in [1.807, 2.05) is 32.0 Å². The van der Waals surface area contributed by atoms with E-state index in [0.29, 0.717) is 0 Å². The van der Waals surface area contributed by atoms with Crippen LogP contribution in [0.1, 0.15) is 26.2 Å². The van der Waals surface area contributed by atoms with Gasteiger partial charge in [0, 0.05) is 0 Å². The second-order valence-corrected chi connectivity index (χ2v) is 3.84. The normalized spacial score (nSPS) is 14.9. The van der Waals surface area contributed by atoms with Gasteiger partial charge < -0.3 is 4.74 Å². The highest BCUT2D eigenvalue weighted by molar-refractivity contribution is 5.80. The molecule has 0 aromatic rings. The van der Waals surface area contributed by atoms with E-state index in [-0.39, 0.29) is 5.97 Å². The van der Waals surface area contributed by atoms with Gasteiger partial charge in [-0.05, 0) is 40.3 Å². The molecule has 0 N–H and O–H groups in total. The predicted octanol–water partition coefficient (Wildman–Crippen LogP) is 1.84. The Hall–Kier alpha value is -0.830. The minimum atomic E-state index is -0.516. The van der Waals surface area contributed by atoms with Crippen LogP contribution in [0.25, 0.3) is 0 Å². The summed E-state index contributed by atoms with van der Waals surface area (Å²) in [6.45, 7) is 5.57. The fourth-order valence-corrected chi connectivity index (χ4v) is 1.32. The molecule has 0 bridgehead atoms. The number of rotatable bonds is 6. The van der Waals surface area contributed by atoms with Crippen molar-refractivity contribution in [3.8, 4) is 0 Å². The molecule has 0 unspecified atom stereocenters. The molecule has 3 heteroatoms. The molecule has 0 radical (unpaired) electrons. The monoisotopic (exact) mass is 199 g/mol. The Morgan fingerprint density at radius 2 is 2.14 bits per heavy atom. The highest BCUT2D eigenvalue weighted by atomic mass is 16.5. The molecule has 0 aliphatic carbocycles. The zero-order valence-electron chi connectivity index (χ0n) is 9.67. The fraction of sp³-hybridized carbons (Fsp3) is 0.727. The van der Waals surface area contributed by atoms with Crippen molar-refractivity contribution in [2.24, 2.45) is 0 Å². The summed E-state index contributed by atoms with van der Waals surface area (Å²) in [4.78, 5) is 13.5. The fourth-order valence-electron chi connectivity index (χ4n) is 1.32. The number of allylic oxidation sites excluding steroid dienone is 1. The van der Waals surface area contributed by atoms with Crippen LogP contribution in [0.5, 0.6) is 0 Å². The molecule has 1 atom stereocenters. The molecular weight excluding hydrogens is 178 g/mol. The number of nitrogens with zero attached hydrogens (tertiary/aromatic N) is 1. The first-order valence-corrected chi connectivity index (χ1v) is 4.85. The molecule has 0 aromatic carbocycles. The van der Waals surface area contributed by atoms with Gasteiger partial charge in [-0.25, -0.2) is 0 Å². The largest absolute Gasteiger partial charge is 0.468 e. The summed E-state index contributed by atoms with van der Waals surface area (Å²) in [7, 11) is 5.22. The molecule has 0 aromatic heterocycles. The lowest BCUT2D eigenvalue weighted by Gasteiger charge is -2.33. The molecule has 0 amide bonds. The van der Waals surface area contributed by atoms with Crippen LogP contribution < -0.4 is 0 Å². The number of methoxy groups -OCH3 is 1. The Labute approximate surface area is 86.7 Å². The van der Waals surface area contributed by atoms with E-state index in [9.17, 15) is 4.79 Å². The number of hydrogen-bond donors (Lipinski definition) is 0. The zero-order valence-corrected chi connectivity index (χ0v) is 9.67.